The molecule has 0 radical (unpaired) electrons. The molecule has 1 heterocycles. The minimum Gasteiger partial charge on any atom is -0.487 e. The Morgan fingerprint density at radius 3 is 2.23 bits per heavy atom. The van der Waals surface area contributed by atoms with Crippen molar-refractivity contribution in [2.75, 3.05) is 6.54 Å². The largest absolute Gasteiger partial charge is 0.487 e. The highest BCUT2D eigenvalue weighted by molar-refractivity contribution is 5.53. The van der Waals surface area contributed by atoms with Gasteiger partial charge in [0.15, 0.2) is 5.60 Å². The van der Waals surface area contributed by atoms with Crippen LogP contribution in [0.1, 0.15) is 16.8 Å². The molecule has 0 saturated carbocycles. The predicted molar refractivity (Wildman–Crippen MR) is 113 cm³/mol. The quantitative estimate of drug-likeness (QED) is 0.137. The lowest BCUT2D eigenvalue weighted by Crippen LogP contribution is -2.53. The number of hydrazine groups is 1. The summed E-state index contributed by atoms with van der Waals surface area (Å²) in [4.78, 5) is 3.59. The van der Waals surface area contributed by atoms with Crippen molar-refractivity contribution in [1.82, 2.24) is 9.99 Å². The molecule has 5 N–H and O–H groups in total. The van der Waals surface area contributed by atoms with Crippen molar-refractivity contribution >= 4 is 6.34 Å². The molecule has 3 rings (SSSR count). The van der Waals surface area contributed by atoms with Crippen LogP contribution in [-0.2, 0) is 18.1 Å². The molecule has 0 aliphatic carbocycles. The van der Waals surface area contributed by atoms with Crippen molar-refractivity contribution in [1.29, 1.82) is 0 Å². The standard InChI is InChI=1S/C22H19F6N5O2/c23-14-2-1-13(18(25)7-14)10-35-16-4-6-20(31-9-16)22(27,28)21(34,11-33(30)12-32-29)17-5-3-15(24)8-19(17)26/h1-9,12,34H,10-11,29-30H2/b32-12-. The third-order valence-electron chi connectivity index (χ3n) is 4.99. The zero-order valence-corrected chi connectivity index (χ0v) is 17.8. The van der Waals surface area contributed by atoms with E-state index in [1.807, 2.05) is 0 Å². The molecule has 0 amide bonds. The van der Waals surface area contributed by atoms with Crippen molar-refractivity contribution in [2.45, 2.75) is 18.1 Å². The predicted octanol–water partition coefficient (Wildman–Crippen LogP) is 3.27. The van der Waals surface area contributed by atoms with Crippen LogP contribution in [0.2, 0.25) is 0 Å². The van der Waals surface area contributed by atoms with Crippen molar-refractivity contribution in [3.63, 3.8) is 0 Å². The maximum absolute atomic E-state index is 15.6. The molecule has 0 bridgehead atoms. The second-order valence-electron chi connectivity index (χ2n) is 7.40. The lowest BCUT2D eigenvalue weighted by molar-refractivity contribution is -0.203. The van der Waals surface area contributed by atoms with Gasteiger partial charge in [-0.15, -0.1) is 0 Å². The van der Waals surface area contributed by atoms with Crippen LogP contribution in [0.3, 0.4) is 0 Å². The van der Waals surface area contributed by atoms with Crippen molar-refractivity contribution in [2.24, 2.45) is 16.8 Å². The van der Waals surface area contributed by atoms with E-state index in [4.69, 9.17) is 16.4 Å². The van der Waals surface area contributed by atoms with Gasteiger partial charge in [0, 0.05) is 23.3 Å². The minimum atomic E-state index is -4.28. The third kappa shape index (κ3) is 5.46. The topological polar surface area (TPSA) is 110 Å². The van der Waals surface area contributed by atoms with E-state index in [0.717, 1.165) is 30.5 Å². The number of halogens is 6. The molecular weight excluding hydrogens is 480 g/mol. The number of nitrogens with two attached hydrogens (primary N) is 2. The van der Waals surface area contributed by atoms with Crippen LogP contribution < -0.4 is 16.4 Å². The normalized spacial score (nSPS) is 13.6. The molecule has 0 aliphatic rings. The van der Waals surface area contributed by atoms with Crippen molar-refractivity contribution in [3.05, 3.63) is 94.8 Å². The summed E-state index contributed by atoms with van der Waals surface area (Å²) < 4.78 is 91.0. The molecular formula is C22H19F6N5O2. The van der Waals surface area contributed by atoms with Gasteiger partial charge in [-0.1, -0.05) is 0 Å². The molecule has 0 spiro atoms. The molecule has 3 aromatic rings. The number of aliphatic hydroxyl groups is 1. The maximum atomic E-state index is 15.6. The maximum Gasteiger partial charge on any atom is 0.323 e. The molecule has 1 atom stereocenters. The average molecular weight is 499 g/mol. The molecule has 7 nitrogen and oxygen atoms in total. The number of nitrogens with zero attached hydrogens (tertiary/aromatic N) is 3. The number of ether oxygens (including phenoxy) is 1. The van der Waals surface area contributed by atoms with Crippen molar-refractivity contribution < 1.29 is 36.2 Å². The summed E-state index contributed by atoms with van der Waals surface area (Å²) in [7, 11) is 0. The number of hydrazone groups is 1. The van der Waals surface area contributed by atoms with Crippen LogP contribution in [0.5, 0.6) is 5.75 Å². The Hall–Kier alpha value is -3.84. The second-order valence-corrected chi connectivity index (χ2v) is 7.40. The Bertz CT molecular complexity index is 1210. The second kappa shape index (κ2) is 10.2. The smallest absolute Gasteiger partial charge is 0.323 e. The van der Waals surface area contributed by atoms with Crippen molar-refractivity contribution in [3.8, 4) is 5.75 Å². The summed E-state index contributed by atoms with van der Waals surface area (Å²) in [5.41, 5.74) is -5.32. The number of aromatic nitrogens is 1. The summed E-state index contributed by atoms with van der Waals surface area (Å²) >= 11 is 0. The van der Waals surface area contributed by atoms with E-state index in [9.17, 15) is 22.7 Å². The van der Waals surface area contributed by atoms with Gasteiger partial charge >= 0.3 is 5.92 Å². The first kappa shape index (κ1) is 25.8. The molecule has 0 fully saturated rings. The van der Waals surface area contributed by atoms with E-state index < -0.39 is 52.6 Å². The summed E-state index contributed by atoms with van der Waals surface area (Å²) in [5, 5.41) is 14.6. The van der Waals surface area contributed by atoms with E-state index >= 15 is 8.78 Å². The van der Waals surface area contributed by atoms with Gasteiger partial charge in [0.25, 0.3) is 0 Å². The Morgan fingerprint density at radius 2 is 1.66 bits per heavy atom. The SMILES string of the molecule is N/N=C\N(N)CC(O)(c1ccc(F)cc1F)C(F)(F)c1ccc(OCc2ccc(F)cc2F)cn1. The van der Waals surface area contributed by atoms with Gasteiger partial charge in [-0.05, 0) is 36.4 Å². The highest BCUT2D eigenvalue weighted by Gasteiger charge is 2.58. The minimum absolute atomic E-state index is 0.00608. The molecule has 1 unspecified atom stereocenters. The van der Waals surface area contributed by atoms with Crippen LogP contribution in [0.25, 0.3) is 0 Å². The van der Waals surface area contributed by atoms with Gasteiger partial charge in [0.1, 0.15) is 47.7 Å². The summed E-state index contributed by atoms with van der Waals surface area (Å²) in [6, 6.07) is 6.36. The first-order valence-electron chi connectivity index (χ1n) is 9.81. The molecule has 2 aromatic carbocycles. The molecule has 35 heavy (non-hydrogen) atoms. The van der Waals surface area contributed by atoms with E-state index in [1.165, 1.54) is 0 Å². The van der Waals surface area contributed by atoms with E-state index in [1.54, 1.807) is 0 Å². The molecule has 0 aliphatic heterocycles. The zero-order valence-electron chi connectivity index (χ0n) is 17.8. The lowest BCUT2D eigenvalue weighted by atomic mass is 9.84. The third-order valence-corrected chi connectivity index (χ3v) is 4.99. The number of hydrogen-bond acceptors (Lipinski definition) is 6. The van der Waals surface area contributed by atoms with Crippen LogP contribution in [0.4, 0.5) is 26.3 Å². The number of benzene rings is 2. The molecule has 13 heteroatoms. The van der Waals surface area contributed by atoms with Gasteiger partial charge in [0.2, 0.25) is 0 Å². The fourth-order valence-corrected chi connectivity index (χ4v) is 3.23. The monoisotopic (exact) mass is 499 g/mol. The van der Waals surface area contributed by atoms with Crippen LogP contribution >= 0.6 is 0 Å². The number of hydrogen-bond donors (Lipinski definition) is 3. The lowest BCUT2D eigenvalue weighted by Gasteiger charge is -2.37. The van der Waals surface area contributed by atoms with Gasteiger partial charge in [-0.2, -0.15) is 13.9 Å². The van der Waals surface area contributed by atoms with E-state index in [0.29, 0.717) is 35.6 Å². The Balaban J connectivity index is 1.91. The molecule has 186 valence electrons. The molecule has 0 saturated heterocycles. The first-order chi connectivity index (χ1) is 16.5. The first-order valence-corrected chi connectivity index (χ1v) is 9.81. The fraction of sp³-hybridized carbons (Fsp3) is 0.182. The fourth-order valence-electron chi connectivity index (χ4n) is 3.23. The van der Waals surface area contributed by atoms with Gasteiger partial charge < -0.3 is 15.7 Å². The van der Waals surface area contributed by atoms with Crippen LogP contribution in [-0.4, -0.2) is 28.0 Å². The highest BCUT2D eigenvalue weighted by atomic mass is 19.3. The Kier molecular flexibility index (Phi) is 7.51. The number of pyridine rings is 1. The van der Waals surface area contributed by atoms with Gasteiger partial charge in [-0.3, -0.25) is 9.99 Å². The number of rotatable bonds is 9. The Morgan fingerprint density at radius 1 is 1.00 bits per heavy atom. The Labute approximate surface area is 195 Å². The zero-order chi connectivity index (χ0) is 25.8. The summed E-state index contributed by atoms with van der Waals surface area (Å²) in [6.07, 6.45) is 1.58. The highest BCUT2D eigenvalue weighted by Crippen LogP contribution is 2.46. The van der Waals surface area contributed by atoms with Gasteiger partial charge in [0.05, 0.1) is 12.7 Å². The van der Waals surface area contributed by atoms with E-state index in [2.05, 4.69) is 10.1 Å². The van der Waals surface area contributed by atoms with Gasteiger partial charge in [-0.25, -0.2) is 23.4 Å². The summed E-state index contributed by atoms with van der Waals surface area (Å²) in [5.74, 6) is 1.98. The number of alkyl halides is 2. The van der Waals surface area contributed by atoms with Crippen LogP contribution in [0, 0.1) is 23.3 Å². The molecule has 1 aromatic heterocycles. The summed E-state index contributed by atoms with van der Waals surface area (Å²) in [6.45, 7) is -1.47. The van der Waals surface area contributed by atoms with Crippen LogP contribution in [0.15, 0.2) is 59.8 Å². The average Bonchev–Trinajstić information content (AvgIpc) is 2.78. The van der Waals surface area contributed by atoms with E-state index in [-0.39, 0.29) is 17.9 Å².